The number of nitro groups is 1. The molecule has 80 valence electrons. The van der Waals surface area contributed by atoms with Crippen LogP contribution in [0.5, 0.6) is 0 Å². The fraction of sp³-hybridized carbons (Fsp3) is 0.333. The van der Waals surface area contributed by atoms with Gasteiger partial charge in [-0.25, -0.2) is 8.78 Å². The van der Waals surface area contributed by atoms with Crippen LogP contribution >= 0.6 is 23.7 Å². The van der Waals surface area contributed by atoms with Crippen molar-refractivity contribution in [2.45, 2.75) is 12.5 Å². The number of thiophene rings is 1. The Morgan fingerprint density at radius 1 is 1.57 bits per heavy atom. The molecule has 0 aliphatic carbocycles. The van der Waals surface area contributed by atoms with Crippen LogP contribution in [0.3, 0.4) is 0 Å². The number of halogens is 3. The third-order valence-corrected chi connectivity index (χ3v) is 2.34. The third kappa shape index (κ3) is 2.86. The van der Waals surface area contributed by atoms with Gasteiger partial charge in [0.1, 0.15) is 0 Å². The zero-order chi connectivity index (χ0) is 10.0. The molecule has 4 nitrogen and oxygen atoms in total. The van der Waals surface area contributed by atoms with Crippen molar-refractivity contribution in [3.63, 3.8) is 0 Å². The molecule has 0 radical (unpaired) electrons. The van der Waals surface area contributed by atoms with Crippen LogP contribution in [-0.4, -0.2) is 11.3 Å². The van der Waals surface area contributed by atoms with E-state index in [9.17, 15) is 18.9 Å². The van der Waals surface area contributed by atoms with E-state index in [2.05, 4.69) is 0 Å². The van der Waals surface area contributed by atoms with E-state index in [1.54, 1.807) is 0 Å². The summed E-state index contributed by atoms with van der Waals surface area (Å²) in [6.45, 7) is 0. The lowest BCUT2D eigenvalue weighted by atomic mass is 10.2. The van der Waals surface area contributed by atoms with Crippen molar-refractivity contribution in [3.8, 4) is 0 Å². The average Bonchev–Trinajstić information content (AvgIpc) is 2.50. The van der Waals surface area contributed by atoms with Gasteiger partial charge in [-0.3, -0.25) is 10.1 Å². The standard InChI is InChI=1S/C6H6F2N2O2S.ClH/c7-6(8)5(9)3-1-4(10(11)12)13-2-3;/h1-2,5-6H,9H2;1H/t5-;/m0./s1. The SMILES string of the molecule is Cl.N[C@@H](c1csc([N+](=O)[O-])c1)C(F)F. The molecule has 1 rings (SSSR count). The van der Waals surface area contributed by atoms with Crippen LogP contribution in [0.2, 0.25) is 0 Å². The van der Waals surface area contributed by atoms with Crippen molar-refractivity contribution in [2.24, 2.45) is 5.73 Å². The van der Waals surface area contributed by atoms with Gasteiger partial charge < -0.3 is 5.73 Å². The van der Waals surface area contributed by atoms with Crippen LogP contribution in [0.1, 0.15) is 11.6 Å². The molecular formula is C6H7ClF2N2O2S. The van der Waals surface area contributed by atoms with Crippen LogP contribution < -0.4 is 5.73 Å². The molecule has 0 aliphatic rings. The van der Waals surface area contributed by atoms with Crippen molar-refractivity contribution < 1.29 is 13.7 Å². The summed E-state index contributed by atoms with van der Waals surface area (Å²) in [5, 5.41) is 11.3. The molecule has 8 heteroatoms. The molecule has 0 fully saturated rings. The maximum atomic E-state index is 12.0. The Morgan fingerprint density at radius 2 is 2.14 bits per heavy atom. The van der Waals surface area contributed by atoms with Crippen molar-refractivity contribution in [1.82, 2.24) is 0 Å². The summed E-state index contributed by atoms with van der Waals surface area (Å²) in [4.78, 5) is 9.56. The molecule has 0 aliphatic heterocycles. The first-order valence-corrected chi connectivity index (χ1v) is 4.17. The van der Waals surface area contributed by atoms with Gasteiger partial charge in [0, 0.05) is 11.4 Å². The van der Waals surface area contributed by atoms with Gasteiger partial charge in [-0.2, -0.15) is 0 Å². The second-order valence-electron chi connectivity index (χ2n) is 2.34. The number of nitrogens with two attached hydrogens (primary N) is 1. The molecular weight excluding hydrogens is 238 g/mol. The summed E-state index contributed by atoms with van der Waals surface area (Å²) >= 11 is 0.791. The second kappa shape index (κ2) is 5.18. The Bertz CT molecular complexity index is 321. The van der Waals surface area contributed by atoms with Crippen LogP contribution in [-0.2, 0) is 0 Å². The van der Waals surface area contributed by atoms with E-state index in [-0.39, 0.29) is 23.0 Å². The van der Waals surface area contributed by atoms with Crippen molar-refractivity contribution in [3.05, 3.63) is 27.1 Å². The fourth-order valence-corrected chi connectivity index (χ4v) is 1.53. The molecule has 1 heterocycles. The summed E-state index contributed by atoms with van der Waals surface area (Å²) in [5.41, 5.74) is 5.19. The first-order valence-electron chi connectivity index (χ1n) is 3.29. The maximum absolute atomic E-state index is 12.0. The highest BCUT2D eigenvalue weighted by Gasteiger charge is 2.21. The number of alkyl halides is 2. The third-order valence-electron chi connectivity index (χ3n) is 1.44. The van der Waals surface area contributed by atoms with Gasteiger partial charge >= 0.3 is 5.00 Å². The van der Waals surface area contributed by atoms with Crippen molar-refractivity contribution in [1.29, 1.82) is 0 Å². The summed E-state index contributed by atoms with van der Waals surface area (Å²) in [7, 11) is 0. The Labute approximate surface area is 88.3 Å². The predicted molar refractivity (Wildman–Crippen MR) is 51.2 cm³/mol. The number of rotatable bonds is 3. The zero-order valence-electron chi connectivity index (χ0n) is 6.72. The highest BCUT2D eigenvalue weighted by atomic mass is 35.5. The van der Waals surface area contributed by atoms with Crippen molar-refractivity contribution in [2.75, 3.05) is 0 Å². The van der Waals surface area contributed by atoms with Gasteiger partial charge in [0.25, 0.3) is 6.43 Å². The lowest BCUT2D eigenvalue weighted by molar-refractivity contribution is -0.380. The highest BCUT2D eigenvalue weighted by Crippen LogP contribution is 2.28. The molecule has 0 bridgehead atoms. The number of nitrogens with zero attached hydrogens (tertiary/aromatic N) is 1. The second-order valence-corrected chi connectivity index (χ2v) is 3.23. The van der Waals surface area contributed by atoms with E-state index in [0.29, 0.717) is 0 Å². The average molecular weight is 245 g/mol. The maximum Gasteiger partial charge on any atom is 0.324 e. The number of hydrogen-bond donors (Lipinski definition) is 1. The first-order chi connectivity index (χ1) is 6.02. The number of hydrogen-bond acceptors (Lipinski definition) is 4. The minimum absolute atomic E-state index is 0. The minimum Gasteiger partial charge on any atom is -0.319 e. The van der Waals surface area contributed by atoms with Gasteiger partial charge in [-0.15, -0.1) is 12.4 Å². The van der Waals surface area contributed by atoms with Crippen LogP contribution in [0.15, 0.2) is 11.4 Å². The molecule has 0 saturated heterocycles. The van der Waals surface area contributed by atoms with Gasteiger partial charge in [-0.1, -0.05) is 11.3 Å². The minimum atomic E-state index is -2.70. The monoisotopic (exact) mass is 244 g/mol. The largest absolute Gasteiger partial charge is 0.324 e. The molecule has 0 amide bonds. The molecule has 0 unspecified atom stereocenters. The van der Waals surface area contributed by atoms with E-state index < -0.39 is 17.4 Å². The lowest BCUT2D eigenvalue weighted by Crippen LogP contribution is -2.17. The molecule has 14 heavy (non-hydrogen) atoms. The van der Waals surface area contributed by atoms with Gasteiger partial charge in [0.15, 0.2) is 0 Å². The summed E-state index contributed by atoms with van der Waals surface area (Å²) in [6, 6.07) is -0.369. The molecule has 0 aromatic carbocycles. The van der Waals surface area contributed by atoms with Gasteiger partial charge in [0.05, 0.1) is 11.0 Å². The molecule has 1 aromatic heterocycles. The van der Waals surface area contributed by atoms with E-state index in [0.717, 1.165) is 17.4 Å². The van der Waals surface area contributed by atoms with Crippen LogP contribution in [0, 0.1) is 10.1 Å². The van der Waals surface area contributed by atoms with E-state index in [4.69, 9.17) is 5.73 Å². The lowest BCUT2D eigenvalue weighted by Gasteiger charge is -2.06. The molecule has 1 atom stereocenters. The zero-order valence-corrected chi connectivity index (χ0v) is 8.36. The van der Waals surface area contributed by atoms with Gasteiger partial charge in [-0.05, 0) is 5.56 Å². The van der Waals surface area contributed by atoms with E-state index in [1.165, 1.54) is 5.38 Å². The Kier molecular flexibility index (Phi) is 4.89. The van der Waals surface area contributed by atoms with E-state index >= 15 is 0 Å². The van der Waals surface area contributed by atoms with Crippen LogP contribution in [0.4, 0.5) is 13.8 Å². The Hall–Kier alpha value is -0.790. The summed E-state index contributed by atoms with van der Waals surface area (Å²) < 4.78 is 24.1. The molecule has 0 saturated carbocycles. The Balaban J connectivity index is 0.00000169. The van der Waals surface area contributed by atoms with E-state index in [1.807, 2.05) is 0 Å². The molecule has 0 spiro atoms. The smallest absolute Gasteiger partial charge is 0.319 e. The quantitative estimate of drug-likeness (QED) is 0.655. The van der Waals surface area contributed by atoms with Crippen LogP contribution in [0.25, 0.3) is 0 Å². The predicted octanol–water partition coefficient (Wildman–Crippen LogP) is 2.34. The molecule has 2 N–H and O–H groups in total. The summed E-state index contributed by atoms with van der Waals surface area (Å²) in [5.74, 6) is 0. The van der Waals surface area contributed by atoms with Gasteiger partial charge in [0.2, 0.25) is 0 Å². The van der Waals surface area contributed by atoms with Crippen molar-refractivity contribution >= 4 is 28.7 Å². The first kappa shape index (κ1) is 13.2. The summed E-state index contributed by atoms with van der Waals surface area (Å²) in [6.07, 6.45) is -2.70. The topological polar surface area (TPSA) is 69.2 Å². The molecule has 1 aromatic rings. The highest BCUT2D eigenvalue weighted by molar-refractivity contribution is 7.13. The Morgan fingerprint density at radius 3 is 2.50 bits per heavy atom. The normalized spacial score (nSPS) is 12.3. The fourth-order valence-electron chi connectivity index (χ4n) is 0.755.